The Bertz CT molecular complexity index is 1010. The second-order valence-corrected chi connectivity index (χ2v) is 8.51. The summed E-state index contributed by atoms with van der Waals surface area (Å²) in [5, 5.41) is 13.4. The highest BCUT2D eigenvalue weighted by Gasteiger charge is 2.31. The Morgan fingerprint density at radius 3 is 2.18 bits per heavy atom. The molecule has 9 nitrogen and oxygen atoms in total. The maximum atomic E-state index is 6.35. The number of methoxy groups -OCH3 is 2. The lowest BCUT2D eigenvalue weighted by atomic mass is 10.1. The summed E-state index contributed by atoms with van der Waals surface area (Å²) >= 11 is 12.5. The van der Waals surface area contributed by atoms with Gasteiger partial charge >= 0.3 is 0 Å². The summed E-state index contributed by atoms with van der Waals surface area (Å²) in [6.45, 7) is 13.6. The molecule has 0 bridgehead atoms. The van der Waals surface area contributed by atoms with Gasteiger partial charge in [0.1, 0.15) is 10.7 Å². The van der Waals surface area contributed by atoms with Gasteiger partial charge in [-0.15, -0.1) is 10.2 Å². The van der Waals surface area contributed by atoms with Crippen LogP contribution < -0.4 is 0 Å². The summed E-state index contributed by atoms with van der Waals surface area (Å²) in [6, 6.07) is 0.288. The quantitative estimate of drug-likeness (QED) is 0.303. The van der Waals surface area contributed by atoms with Gasteiger partial charge in [-0.3, -0.25) is 0 Å². The average molecular weight is 517 g/mol. The molecular formula is C23H39Cl2N7O2. The lowest BCUT2D eigenvalue weighted by Gasteiger charge is -2.19. The van der Waals surface area contributed by atoms with Crippen LogP contribution in [0.4, 0.5) is 0 Å². The number of pyridine rings is 1. The molecule has 0 aromatic carbocycles. The van der Waals surface area contributed by atoms with E-state index in [1.54, 1.807) is 27.6 Å². The predicted molar refractivity (Wildman–Crippen MR) is 138 cm³/mol. The highest BCUT2D eigenvalue weighted by molar-refractivity contribution is 6.38. The minimum Gasteiger partial charge on any atom is -0.354 e. The van der Waals surface area contributed by atoms with Crippen molar-refractivity contribution in [2.24, 2.45) is 7.05 Å². The standard InChI is InChI=1S/C14H15Cl2N7.C5H12O2.2C2H6/c1-7-10(15)11-14(18-12(7)16)23(6-17-11)9-4-3-8(5-9)13-19-21-22(2)20-13;1-5(2,6-3)7-4;2*1-2/h6,8-9H,3-5H2,1-2H3;1-4H3;2*1-2H3. The van der Waals surface area contributed by atoms with Crippen molar-refractivity contribution < 1.29 is 9.47 Å². The monoisotopic (exact) mass is 515 g/mol. The van der Waals surface area contributed by atoms with Gasteiger partial charge < -0.3 is 14.0 Å². The number of rotatable bonds is 4. The number of aryl methyl sites for hydroxylation is 1. The van der Waals surface area contributed by atoms with E-state index in [0.717, 1.165) is 36.3 Å². The van der Waals surface area contributed by atoms with Crippen molar-refractivity contribution in [2.75, 3.05) is 14.2 Å². The minimum absolute atomic E-state index is 0.288. The fraction of sp³-hybridized carbons (Fsp3) is 0.696. The lowest BCUT2D eigenvalue weighted by Crippen LogP contribution is -2.24. The van der Waals surface area contributed by atoms with Crippen LogP contribution in [0.2, 0.25) is 10.2 Å². The highest BCUT2D eigenvalue weighted by Crippen LogP contribution is 2.41. The molecular weight excluding hydrogens is 477 g/mol. The zero-order chi connectivity index (χ0) is 26.1. The van der Waals surface area contributed by atoms with Gasteiger partial charge in [-0.1, -0.05) is 50.9 Å². The van der Waals surface area contributed by atoms with Gasteiger partial charge in [-0.25, -0.2) is 9.97 Å². The van der Waals surface area contributed by atoms with Crippen LogP contribution in [0.5, 0.6) is 0 Å². The molecule has 4 rings (SSSR count). The summed E-state index contributed by atoms with van der Waals surface area (Å²) in [6.07, 6.45) is 4.76. The number of hydrogen-bond donors (Lipinski definition) is 0. The normalized spacial score (nSPS) is 17.3. The molecule has 3 heterocycles. The van der Waals surface area contributed by atoms with E-state index in [2.05, 4.69) is 29.9 Å². The largest absolute Gasteiger partial charge is 0.354 e. The molecule has 0 N–H and O–H groups in total. The zero-order valence-electron chi connectivity index (χ0n) is 22.1. The Morgan fingerprint density at radius 1 is 1.06 bits per heavy atom. The number of hydrogen-bond acceptors (Lipinski definition) is 7. The fourth-order valence-electron chi connectivity index (χ4n) is 3.32. The molecule has 1 aliphatic rings. The summed E-state index contributed by atoms with van der Waals surface area (Å²) in [4.78, 5) is 10.4. The van der Waals surface area contributed by atoms with Crippen LogP contribution in [-0.4, -0.2) is 54.7 Å². The average Bonchev–Trinajstić information content (AvgIpc) is 3.60. The second-order valence-electron chi connectivity index (χ2n) is 7.77. The fourth-order valence-corrected chi connectivity index (χ4v) is 3.77. The van der Waals surface area contributed by atoms with Crippen molar-refractivity contribution in [1.29, 1.82) is 0 Å². The molecule has 1 fully saturated rings. The van der Waals surface area contributed by atoms with Crippen LogP contribution in [-0.2, 0) is 16.5 Å². The Labute approximate surface area is 213 Å². The maximum absolute atomic E-state index is 6.35. The van der Waals surface area contributed by atoms with Gasteiger partial charge in [0.25, 0.3) is 0 Å². The number of imidazole rings is 1. The third-order valence-electron chi connectivity index (χ3n) is 5.49. The molecule has 1 saturated carbocycles. The van der Waals surface area contributed by atoms with E-state index in [0.29, 0.717) is 21.6 Å². The number of nitrogens with zero attached hydrogens (tertiary/aromatic N) is 7. The van der Waals surface area contributed by atoms with Crippen LogP contribution in [0.3, 0.4) is 0 Å². The highest BCUT2D eigenvalue weighted by atomic mass is 35.5. The van der Waals surface area contributed by atoms with Gasteiger partial charge in [0.2, 0.25) is 0 Å². The van der Waals surface area contributed by atoms with E-state index >= 15 is 0 Å². The lowest BCUT2D eigenvalue weighted by molar-refractivity contribution is -0.178. The number of tetrazole rings is 1. The molecule has 192 valence electrons. The maximum Gasteiger partial charge on any atom is 0.177 e. The summed E-state index contributed by atoms with van der Waals surface area (Å²) in [5.74, 6) is 0.696. The van der Waals surface area contributed by atoms with Crippen molar-refractivity contribution in [1.82, 2.24) is 34.7 Å². The molecule has 0 amide bonds. The van der Waals surface area contributed by atoms with Gasteiger partial charge in [0.15, 0.2) is 17.3 Å². The van der Waals surface area contributed by atoms with E-state index in [1.165, 1.54) is 4.80 Å². The number of aromatic nitrogens is 7. The van der Waals surface area contributed by atoms with Crippen LogP contribution in [0.15, 0.2) is 6.33 Å². The topological polar surface area (TPSA) is 92.8 Å². The Morgan fingerprint density at radius 2 is 1.68 bits per heavy atom. The zero-order valence-corrected chi connectivity index (χ0v) is 23.6. The number of fused-ring (bicyclic) bond motifs is 1. The minimum atomic E-state index is -0.417. The van der Waals surface area contributed by atoms with E-state index < -0.39 is 5.79 Å². The van der Waals surface area contributed by atoms with Gasteiger partial charge in [-0.05, 0) is 45.2 Å². The number of halogens is 2. The molecule has 34 heavy (non-hydrogen) atoms. The molecule has 3 aromatic heterocycles. The third-order valence-corrected chi connectivity index (χ3v) is 6.32. The first-order valence-electron chi connectivity index (χ1n) is 11.7. The van der Waals surface area contributed by atoms with Crippen LogP contribution in [0, 0.1) is 6.92 Å². The van der Waals surface area contributed by atoms with Gasteiger partial charge in [0.05, 0.1) is 18.4 Å². The molecule has 0 spiro atoms. The first-order chi connectivity index (χ1) is 16.2. The van der Waals surface area contributed by atoms with Crippen molar-refractivity contribution in [3.63, 3.8) is 0 Å². The van der Waals surface area contributed by atoms with E-state index in [1.807, 2.05) is 48.5 Å². The smallest absolute Gasteiger partial charge is 0.177 e. The molecule has 0 aliphatic heterocycles. The Hall–Kier alpha value is -1.81. The summed E-state index contributed by atoms with van der Waals surface area (Å²) in [5.41, 5.74) is 2.21. The molecule has 2 unspecified atom stereocenters. The van der Waals surface area contributed by atoms with Crippen molar-refractivity contribution in [3.8, 4) is 0 Å². The molecule has 3 aromatic rings. The van der Waals surface area contributed by atoms with E-state index in [9.17, 15) is 0 Å². The Kier molecular flexibility index (Phi) is 12.4. The number of ether oxygens (including phenoxy) is 2. The van der Waals surface area contributed by atoms with Crippen molar-refractivity contribution in [2.45, 2.75) is 85.5 Å². The molecule has 0 saturated heterocycles. The Balaban J connectivity index is 0.000000450. The van der Waals surface area contributed by atoms with Crippen molar-refractivity contribution in [3.05, 3.63) is 27.9 Å². The third kappa shape index (κ3) is 7.34. The molecule has 2 atom stereocenters. The van der Waals surface area contributed by atoms with Gasteiger partial charge in [0, 0.05) is 31.7 Å². The van der Waals surface area contributed by atoms with Crippen LogP contribution in [0.1, 0.15) is 84.2 Å². The first-order valence-corrected chi connectivity index (χ1v) is 12.4. The van der Waals surface area contributed by atoms with E-state index in [4.69, 9.17) is 32.7 Å². The van der Waals surface area contributed by atoms with E-state index in [-0.39, 0.29) is 6.04 Å². The van der Waals surface area contributed by atoms with Gasteiger partial charge in [-0.2, -0.15) is 4.80 Å². The molecule has 11 heteroatoms. The van der Waals surface area contributed by atoms with Crippen LogP contribution >= 0.6 is 23.2 Å². The van der Waals surface area contributed by atoms with Crippen molar-refractivity contribution >= 4 is 34.4 Å². The second kappa shape index (κ2) is 13.9. The summed E-state index contributed by atoms with van der Waals surface area (Å²) < 4.78 is 11.8. The molecule has 0 radical (unpaired) electrons. The molecule has 1 aliphatic carbocycles. The summed E-state index contributed by atoms with van der Waals surface area (Å²) in [7, 11) is 5.01. The first kappa shape index (κ1) is 30.2. The SMILES string of the molecule is CC.CC.COC(C)(C)OC.Cc1c(Cl)nc2c(ncn2C2CCC(c3nnn(C)n3)C2)c1Cl. The predicted octanol–water partition coefficient (Wildman–Crippen LogP) is 6.15. The van der Waals surface area contributed by atoms with Crippen LogP contribution in [0.25, 0.3) is 11.2 Å².